The van der Waals surface area contributed by atoms with E-state index in [4.69, 9.17) is 10.8 Å². The molecule has 1 atom stereocenters. The van der Waals surface area contributed by atoms with Gasteiger partial charge in [-0.2, -0.15) is 0 Å². The van der Waals surface area contributed by atoms with Gasteiger partial charge in [0, 0.05) is 23.6 Å². The molecule has 3 N–H and O–H groups in total. The Hall–Kier alpha value is -0.580. The Morgan fingerprint density at radius 1 is 1.50 bits per heavy atom. The SMILES string of the molecule is CCN(CCO)c1ccc(C(C)N)cc1Br. The van der Waals surface area contributed by atoms with E-state index in [1.807, 2.05) is 25.1 Å². The maximum Gasteiger partial charge on any atom is 0.0606 e. The van der Waals surface area contributed by atoms with E-state index in [-0.39, 0.29) is 12.6 Å². The summed E-state index contributed by atoms with van der Waals surface area (Å²) in [5.74, 6) is 0. The highest BCUT2D eigenvalue weighted by Gasteiger charge is 2.09. The van der Waals surface area contributed by atoms with Gasteiger partial charge < -0.3 is 15.7 Å². The van der Waals surface area contributed by atoms with Crippen molar-refractivity contribution in [3.05, 3.63) is 28.2 Å². The highest BCUT2D eigenvalue weighted by Crippen LogP contribution is 2.28. The number of halogens is 1. The van der Waals surface area contributed by atoms with Gasteiger partial charge in [-0.05, 0) is 47.5 Å². The first-order valence-corrected chi connectivity index (χ1v) is 6.30. The lowest BCUT2D eigenvalue weighted by molar-refractivity contribution is 0.302. The Morgan fingerprint density at radius 2 is 2.19 bits per heavy atom. The van der Waals surface area contributed by atoms with Gasteiger partial charge in [-0.25, -0.2) is 0 Å². The Morgan fingerprint density at radius 3 is 2.62 bits per heavy atom. The predicted molar refractivity (Wildman–Crippen MR) is 71.7 cm³/mol. The molecular weight excluding hydrogens is 268 g/mol. The van der Waals surface area contributed by atoms with Crippen molar-refractivity contribution >= 4 is 21.6 Å². The number of hydrogen-bond donors (Lipinski definition) is 2. The largest absolute Gasteiger partial charge is 0.395 e. The molecule has 1 rings (SSSR count). The number of nitrogens with zero attached hydrogens (tertiary/aromatic N) is 1. The number of likely N-dealkylation sites (N-methyl/N-ethyl adjacent to an activating group) is 1. The van der Waals surface area contributed by atoms with Gasteiger partial charge in [0.2, 0.25) is 0 Å². The maximum absolute atomic E-state index is 8.99. The van der Waals surface area contributed by atoms with Gasteiger partial charge in [-0.1, -0.05) is 6.07 Å². The molecule has 0 aliphatic heterocycles. The number of hydrogen-bond acceptors (Lipinski definition) is 3. The van der Waals surface area contributed by atoms with E-state index >= 15 is 0 Å². The molecule has 0 aliphatic rings. The highest BCUT2D eigenvalue weighted by molar-refractivity contribution is 9.10. The average Bonchev–Trinajstić information content (AvgIpc) is 2.26. The minimum Gasteiger partial charge on any atom is -0.395 e. The van der Waals surface area contributed by atoms with Gasteiger partial charge >= 0.3 is 0 Å². The van der Waals surface area contributed by atoms with E-state index in [0.29, 0.717) is 6.54 Å². The van der Waals surface area contributed by atoms with Crippen LogP contribution in [0.3, 0.4) is 0 Å². The fourth-order valence-electron chi connectivity index (χ4n) is 1.63. The molecule has 0 aliphatic carbocycles. The average molecular weight is 287 g/mol. The zero-order valence-electron chi connectivity index (χ0n) is 9.78. The summed E-state index contributed by atoms with van der Waals surface area (Å²) in [6, 6.07) is 6.16. The van der Waals surface area contributed by atoms with Crippen molar-refractivity contribution in [2.24, 2.45) is 5.73 Å². The summed E-state index contributed by atoms with van der Waals surface area (Å²) in [6.07, 6.45) is 0. The molecule has 0 aromatic heterocycles. The number of rotatable bonds is 5. The van der Waals surface area contributed by atoms with Crippen molar-refractivity contribution in [2.75, 3.05) is 24.6 Å². The number of aliphatic hydroxyl groups is 1. The number of anilines is 1. The number of nitrogens with two attached hydrogens (primary N) is 1. The Balaban J connectivity index is 2.96. The lowest BCUT2D eigenvalue weighted by Crippen LogP contribution is -2.26. The molecule has 90 valence electrons. The second-order valence-electron chi connectivity index (χ2n) is 3.80. The van der Waals surface area contributed by atoms with E-state index in [0.717, 1.165) is 22.3 Å². The normalized spacial score (nSPS) is 12.6. The van der Waals surface area contributed by atoms with Crippen LogP contribution in [0.25, 0.3) is 0 Å². The summed E-state index contributed by atoms with van der Waals surface area (Å²) < 4.78 is 1.03. The maximum atomic E-state index is 8.99. The van der Waals surface area contributed by atoms with Gasteiger partial charge in [-0.15, -0.1) is 0 Å². The fraction of sp³-hybridized carbons (Fsp3) is 0.500. The van der Waals surface area contributed by atoms with Crippen LogP contribution in [0.1, 0.15) is 25.5 Å². The molecule has 3 nitrogen and oxygen atoms in total. The first kappa shape index (κ1) is 13.5. The lowest BCUT2D eigenvalue weighted by Gasteiger charge is -2.24. The third kappa shape index (κ3) is 3.20. The third-order valence-electron chi connectivity index (χ3n) is 2.59. The lowest BCUT2D eigenvalue weighted by atomic mass is 10.1. The van der Waals surface area contributed by atoms with Crippen molar-refractivity contribution in [3.63, 3.8) is 0 Å². The predicted octanol–water partition coefficient (Wildman–Crippen LogP) is 2.29. The molecule has 1 aromatic carbocycles. The molecule has 0 saturated carbocycles. The van der Waals surface area contributed by atoms with Crippen molar-refractivity contribution < 1.29 is 5.11 Å². The summed E-state index contributed by atoms with van der Waals surface area (Å²) in [5, 5.41) is 8.99. The molecule has 0 amide bonds. The molecule has 0 fully saturated rings. The molecule has 16 heavy (non-hydrogen) atoms. The first-order valence-electron chi connectivity index (χ1n) is 5.51. The first-order chi connectivity index (χ1) is 7.60. The van der Waals surface area contributed by atoms with Crippen LogP contribution < -0.4 is 10.6 Å². The van der Waals surface area contributed by atoms with Crippen LogP contribution in [-0.2, 0) is 0 Å². The topological polar surface area (TPSA) is 49.5 Å². The molecule has 0 heterocycles. The molecule has 0 saturated heterocycles. The van der Waals surface area contributed by atoms with Crippen molar-refractivity contribution in [1.82, 2.24) is 0 Å². The van der Waals surface area contributed by atoms with E-state index < -0.39 is 0 Å². The van der Waals surface area contributed by atoms with Crippen LogP contribution >= 0.6 is 15.9 Å². The van der Waals surface area contributed by atoms with Crippen molar-refractivity contribution in [2.45, 2.75) is 19.9 Å². The summed E-state index contributed by atoms with van der Waals surface area (Å²) >= 11 is 3.55. The Bertz CT molecular complexity index is 342. The van der Waals surface area contributed by atoms with Crippen molar-refractivity contribution in [1.29, 1.82) is 0 Å². The minimum absolute atomic E-state index is 0.0401. The molecule has 0 bridgehead atoms. The minimum atomic E-state index is 0.0401. The van der Waals surface area contributed by atoms with E-state index in [2.05, 4.69) is 27.8 Å². The monoisotopic (exact) mass is 286 g/mol. The van der Waals surface area contributed by atoms with Gasteiger partial charge in [0.25, 0.3) is 0 Å². The van der Waals surface area contributed by atoms with Gasteiger partial charge in [0.05, 0.1) is 12.3 Å². The smallest absolute Gasteiger partial charge is 0.0606 e. The van der Waals surface area contributed by atoms with Gasteiger partial charge in [-0.3, -0.25) is 0 Å². The number of benzene rings is 1. The molecule has 1 unspecified atom stereocenters. The standard InChI is InChI=1S/C12H19BrN2O/c1-3-15(6-7-16)12-5-4-10(9(2)14)8-11(12)13/h4-5,8-9,16H,3,6-7,14H2,1-2H3. The summed E-state index contributed by atoms with van der Waals surface area (Å²) in [4.78, 5) is 2.12. The quantitative estimate of drug-likeness (QED) is 0.873. The second-order valence-corrected chi connectivity index (χ2v) is 4.66. The zero-order valence-corrected chi connectivity index (χ0v) is 11.4. The second kappa shape index (κ2) is 6.23. The van der Waals surface area contributed by atoms with E-state index in [9.17, 15) is 0 Å². The van der Waals surface area contributed by atoms with E-state index in [1.165, 1.54) is 0 Å². The van der Waals surface area contributed by atoms with Crippen LogP contribution in [0.4, 0.5) is 5.69 Å². The molecule has 1 aromatic rings. The number of aliphatic hydroxyl groups excluding tert-OH is 1. The molecule has 4 heteroatoms. The van der Waals surface area contributed by atoms with Gasteiger partial charge in [0.1, 0.15) is 0 Å². The van der Waals surface area contributed by atoms with E-state index in [1.54, 1.807) is 0 Å². The summed E-state index contributed by atoms with van der Waals surface area (Å²) in [5.41, 5.74) is 8.03. The molecule has 0 spiro atoms. The summed E-state index contributed by atoms with van der Waals surface area (Å²) in [7, 11) is 0. The van der Waals surface area contributed by atoms with Crippen LogP contribution in [0.15, 0.2) is 22.7 Å². The molecular formula is C12H19BrN2O. The molecule has 0 radical (unpaired) electrons. The van der Waals surface area contributed by atoms with Crippen molar-refractivity contribution in [3.8, 4) is 0 Å². The summed E-state index contributed by atoms with van der Waals surface area (Å²) in [6.45, 7) is 5.72. The zero-order chi connectivity index (χ0) is 12.1. The Kier molecular flexibility index (Phi) is 5.25. The highest BCUT2D eigenvalue weighted by atomic mass is 79.9. The van der Waals surface area contributed by atoms with Gasteiger partial charge in [0.15, 0.2) is 0 Å². The Labute approximate surface area is 105 Å². The van der Waals surface area contributed by atoms with Crippen LogP contribution in [0.2, 0.25) is 0 Å². The van der Waals surface area contributed by atoms with Crippen LogP contribution in [-0.4, -0.2) is 24.8 Å². The van der Waals surface area contributed by atoms with Crippen LogP contribution in [0, 0.1) is 0 Å². The fourth-order valence-corrected chi connectivity index (χ4v) is 2.28. The third-order valence-corrected chi connectivity index (χ3v) is 3.23. The van der Waals surface area contributed by atoms with Crippen LogP contribution in [0.5, 0.6) is 0 Å².